The highest BCUT2D eigenvalue weighted by Crippen LogP contribution is 2.13. The SMILES string of the molecule is CCCOc1cccc(C(=O)NCC(O)COC)c1. The molecule has 0 aliphatic carbocycles. The third kappa shape index (κ3) is 5.72. The van der Waals surface area contributed by atoms with Gasteiger partial charge in [-0.3, -0.25) is 4.79 Å². The van der Waals surface area contributed by atoms with Gasteiger partial charge in [-0.1, -0.05) is 13.0 Å². The fourth-order valence-electron chi connectivity index (χ4n) is 1.51. The first kappa shape index (κ1) is 15.5. The van der Waals surface area contributed by atoms with Crippen LogP contribution in [-0.2, 0) is 4.74 Å². The molecule has 0 aromatic heterocycles. The Balaban J connectivity index is 2.51. The van der Waals surface area contributed by atoms with Gasteiger partial charge in [-0.15, -0.1) is 0 Å². The molecule has 5 nitrogen and oxygen atoms in total. The lowest BCUT2D eigenvalue weighted by Crippen LogP contribution is -2.34. The lowest BCUT2D eigenvalue weighted by molar-refractivity contribution is 0.0609. The minimum absolute atomic E-state index is 0.159. The van der Waals surface area contributed by atoms with Crippen molar-refractivity contribution in [3.8, 4) is 5.75 Å². The topological polar surface area (TPSA) is 67.8 Å². The van der Waals surface area contributed by atoms with Crippen molar-refractivity contribution in [3.63, 3.8) is 0 Å². The molecule has 0 saturated carbocycles. The molecule has 0 spiro atoms. The Labute approximate surface area is 113 Å². The van der Waals surface area contributed by atoms with Crippen LogP contribution in [-0.4, -0.2) is 44.0 Å². The van der Waals surface area contributed by atoms with Crippen LogP contribution in [0.15, 0.2) is 24.3 Å². The van der Waals surface area contributed by atoms with E-state index in [1.54, 1.807) is 18.2 Å². The number of ether oxygens (including phenoxy) is 2. The molecule has 5 heteroatoms. The minimum atomic E-state index is -0.700. The van der Waals surface area contributed by atoms with Crippen molar-refractivity contribution in [2.75, 3.05) is 26.9 Å². The maximum absolute atomic E-state index is 11.9. The van der Waals surface area contributed by atoms with E-state index in [2.05, 4.69) is 5.32 Å². The van der Waals surface area contributed by atoms with Crippen LogP contribution in [0.3, 0.4) is 0 Å². The molecule has 0 bridgehead atoms. The Hall–Kier alpha value is -1.59. The average Bonchev–Trinajstić information content (AvgIpc) is 2.43. The van der Waals surface area contributed by atoms with E-state index in [1.165, 1.54) is 7.11 Å². The second-order valence-corrected chi connectivity index (χ2v) is 4.20. The molecule has 1 rings (SSSR count). The van der Waals surface area contributed by atoms with Crippen molar-refractivity contribution >= 4 is 5.91 Å². The number of carbonyl (C=O) groups is 1. The largest absolute Gasteiger partial charge is 0.494 e. The van der Waals surface area contributed by atoms with Crippen LogP contribution in [0.4, 0.5) is 0 Å². The van der Waals surface area contributed by atoms with Crippen LogP contribution >= 0.6 is 0 Å². The first-order valence-electron chi connectivity index (χ1n) is 6.35. The van der Waals surface area contributed by atoms with Gasteiger partial charge < -0.3 is 19.9 Å². The van der Waals surface area contributed by atoms with Gasteiger partial charge in [-0.25, -0.2) is 0 Å². The highest BCUT2D eigenvalue weighted by atomic mass is 16.5. The molecule has 0 heterocycles. The second-order valence-electron chi connectivity index (χ2n) is 4.20. The van der Waals surface area contributed by atoms with E-state index in [4.69, 9.17) is 9.47 Å². The van der Waals surface area contributed by atoms with Gasteiger partial charge >= 0.3 is 0 Å². The quantitative estimate of drug-likeness (QED) is 0.743. The zero-order valence-electron chi connectivity index (χ0n) is 11.4. The molecule has 0 aliphatic heterocycles. The normalized spacial score (nSPS) is 11.9. The van der Waals surface area contributed by atoms with Crippen molar-refractivity contribution < 1.29 is 19.4 Å². The minimum Gasteiger partial charge on any atom is -0.494 e. The summed E-state index contributed by atoms with van der Waals surface area (Å²) in [4.78, 5) is 11.9. The summed E-state index contributed by atoms with van der Waals surface area (Å²) in [5.41, 5.74) is 0.512. The summed E-state index contributed by atoms with van der Waals surface area (Å²) in [6.07, 6.45) is 0.216. The molecule has 1 aromatic carbocycles. The summed E-state index contributed by atoms with van der Waals surface area (Å²) in [6, 6.07) is 6.97. The number of benzene rings is 1. The lowest BCUT2D eigenvalue weighted by atomic mass is 10.2. The zero-order chi connectivity index (χ0) is 14.1. The van der Waals surface area contributed by atoms with Crippen molar-refractivity contribution in [2.45, 2.75) is 19.4 Å². The third-order valence-electron chi connectivity index (χ3n) is 2.43. The van der Waals surface area contributed by atoms with E-state index >= 15 is 0 Å². The van der Waals surface area contributed by atoms with Crippen LogP contribution in [0, 0.1) is 0 Å². The Morgan fingerprint density at radius 2 is 2.26 bits per heavy atom. The van der Waals surface area contributed by atoms with Gasteiger partial charge in [0.2, 0.25) is 0 Å². The maximum atomic E-state index is 11.9. The monoisotopic (exact) mass is 267 g/mol. The highest BCUT2D eigenvalue weighted by molar-refractivity contribution is 5.94. The van der Waals surface area contributed by atoms with Gasteiger partial charge in [0.1, 0.15) is 5.75 Å². The molecule has 0 fully saturated rings. The van der Waals surface area contributed by atoms with Crippen molar-refractivity contribution in [1.82, 2.24) is 5.32 Å². The Bertz CT molecular complexity index is 395. The molecule has 1 unspecified atom stereocenters. The standard InChI is InChI=1S/C14H21NO4/c1-3-7-19-13-6-4-5-11(8-13)14(17)15-9-12(16)10-18-2/h4-6,8,12,16H,3,7,9-10H2,1-2H3,(H,15,17). The van der Waals surface area contributed by atoms with Crippen LogP contribution in [0.1, 0.15) is 23.7 Å². The van der Waals surface area contributed by atoms with Gasteiger partial charge in [0.25, 0.3) is 5.91 Å². The van der Waals surface area contributed by atoms with Crippen LogP contribution < -0.4 is 10.1 Å². The maximum Gasteiger partial charge on any atom is 0.251 e. The molecule has 1 aromatic rings. The van der Waals surface area contributed by atoms with Crippen molar-refractivity contribution in [1.29, 1.82) is 0 Å². The lowest BCUT2D eigenvalue weighted by Gasteiger charge is -2.11. The molecule has 1 amide bonds. The fourth-order valence-corrected chi connectivity index (χ4v) is 1.51. The van der Waals surface area contributed by atoms with Crippen molar-refractivity contribution in [2.24, 2.45) is 0 Å². The van der Waals surface area contributed by atoms with Gasteiger partial charge in [0, 0.05) is 19.2 Å². The van der Waals surface area contributed by atoms with E-state index in [9.17, 15) is 9.90 Å². The molecule has 106 valence electrons. The number of aliphatic hydroxyl groups excluding tert-OH is 1. The van der Waals surface area contributed by atoms with E-state index in [-0.39, 0.29) is 19.1 Å². The summed E-state index contributed by atoms with van der Waals surface area (Å²) in [5, 5.41) is 12.1. The average molecular weight is 267 g/mol. The molecular weight excluding hydrogens is 246 g/mol. The molecule has 0 radical (unpaired) electrons. The van der Waals surface area contributed by atoms with Gasteiger partial charge in [-0.2, -0.15) is 0 Å². The Morgan fingerprint density at radius 3 is 2.95 bits per heavy atom. The number of nitrogens with one attached hydrogen (secondary N) is 1. The van der Waals surface area contributed by atoms with E-state index in [0.29, 0.717) is 17.9 Å². The number of amides is 1. The smallest absolute Gasteiger partial charge is 0.251 e. The molecule has 0 aliphatic rings. The van der Waals surface area contributed by atoms with Crippen LogP contribution in [0.5, 0.6) is 5.75 Å². The van der Waals surface area contributed by atoms with Gasteiger partial charge in [0.15, 0.2) is 0 Å². The van der Waals surface area contributed by atoms with Gasteiger partial charge in [-0.05, 0) is 24.6 Å². The number of rotatable bonds is 8. The van der Waals surface area contributed by atoms with Crippen LogP contribution in [0.25, 0.3) is 0 Å². The van der Waals surface area contributed by atoms with Crippen LogP contribution in [0.2, 0.25) is 0 Å². The van der Waals surface area contributed by atoms with E-state index in [1.807, 2.05) is 13.0 Å². The summed E-state index contributed by atoms with van der Waals surface area (Å²) in [6.45, 7) is 3.00. The zero-order valence-corrected chi connectivity index (χ0v) is 11.4. The number of carbonyl (C=O) groups excluding carboxylic acids is 1. The second kappa shape index (κ2) is 8.50. The summed E-state index contributed by atoms with van der Waals surface area (Å²) in [7, 11) is 1.50. The van der Waals surface area contributed by atoms with Crippen molar-refractivity contribution in [3.05, 3.63) is 29.8 Å². The predicted molar refractivity (Wildman–Crippen MR) is 72.4 cm³/mol. The number of hydrogen-bond donors (Lipinski definition) is 2. The third-order valence-corrected chi connectivity index (χ3v) is 2.43. The molecule has 1 atom stereocenters. The van der Waals surface area contributed by atoms with E-state index in [0.717, 1.165) is 6.42 Å². The molecule has 0 saturated heterocycles. The fraction of sp³-hybridized carbons (Fsp3) is 0.500. The number of aliphatic hydroxyl groups is 1. The molecular formula is C14H21NO4. The first-order valence-corrected chi connectivity index (χ1v) is 6.35. The number of methoxy groups -OCH3 is 1. The Morgan fingerprint density at radius 1 is 1.47 bits per heavy atom. The van der Waals surface area contributed by atoms with E-state index < -0.39 is 6.10 Å². The molecule has 2 N–H and O–H groups in total. The van der Waals surface area contributed by atoms with Gasteiger partial charge in [0.05, 0.1) is 19.3 Å². The summed E-state index contributed by atoms with van der Waals surface area (Å²) in [5.74, 6) is 0.434. The first-order chi connectivity index (χ1) is 9.17. The summed E-state index contributed by atoms with van der Waals surface area (Å²) >= 11 is 0. The predicted octanol–water partition coefficient (Wildman–Crippen LogP) is 1.21. The summed E-state index contributed by atoms with van der Waals surface area (Å²) < 4.78 is 10.2. The highest BCUT2D eigenvalue weighted by Gasteiger charge is 2.09. The number of hydrogen-bond acceptors (Lipinski definition) is 4. The molecule has 19 heavy (non-hydrogen) atoms. The Kier molecular flexibility index (Phi) is 6.92.